The topological polar surface area (TPSA) is 67.3 Å². The zero-order valence-electron chi connectivity index (χ0n) is 12.8. The van der Waals surface area contributed by atoms with Gasteiger partial charge in [-0.15, -0.1) is 0 Å². The first-order valence-electron chi connectivity index (χ1n) is 6.96. The lowest BCUT2D eigenvalue weighted by Crippen LogP contribution is -2.03. The van der Waals surface area contributed by atoms with Crippen LogP contribution < -0.4 is 10.1 Å². The highest BCUT2D eigenvalue weighted by Gasteiger charge is 2.10. The van der Waals surface area contributed by atoms with Crippen LogP contribution in [-0.4, -0.2) is 29.2 Å². The van der Waals surface area contributed by atoms with Crippen LogP contribution in [0.3, 0.4) is 0 Å². The summed E-state index contributed by atoms with van der Waals surface area (Å²) >= 11 is 0. The molecule has 0 bridgehead atoms. The van der Waals surface area contributed by atoms with E-state index in [1.807, 2.05) is 13.1 Å². The number of anilines is 1. The first-order chi connectivity index (χ1) is 10.0. The SMILES string of the molecule is CNc1cc(CC(C)C)nc(-c2ccc(O)c(OC)c2)n1. The first kappa shape index (κ1) is 15.1. The molecule has 0 aliphatic rings. The number of phenols is 1. The van der Waals surface area contributed by atoms with E-state index in [1.54, 1.807) is 18.2 Å². The zero-order valence-corrected chi connectivity index (χ0v) is 12.8. The fourth-order valence-corrected chi connectivity index (χ4v) is 2.09. The van der Waals surface area contributed by atoms with Crippen molar-refractivity contribution >= 4 is 5.82 Å². The molecule has 0 aliphatic carbocycles. The summed E-state index contributed by atoms with van der Waals surface area (Å²) in [5.41, 5.74) is 1.80. The molecule has 0 radical (unpaired) electrons. The minimum absolute atomic E-state index is 0.105. The third-order valence-corrected chi connectivity index (χ3v) is 3.09. The third kappa shape index (κ3) is 3.62. The maximum Gasteiger partial charge on any atom is 0.161 e. The Bertz CT molecular complexity index is 627. The van der Waals surface area contributed by atoms with E-state index < -0.39 is 0 Å². The number of ether oxygens (including phenoxy) is 1. The van der Waals surface area contributed by atoms with Crippen LogP contribution in [0, 0.1) is 5.92 Å². The van der Waals surface area contributed by atoms with Crippen LogP contribution in [0.2, 0.25) is 0 Å². The summed E-state index contributed by atoms with van der Waals surface area (Å²) in [7, 11) is 3.36. The lowest BCUT2D eigenvalue weighted by Gasteiger charge is -2.11. The predicted molar refractivity (Wildman–Crippen MR) is 83.8 cm³/mol. The maximum absolute atomic E-state index is 9.68. The molecule has 0 saturated heterocycles. The Kier molecular flexibility index (Phi) is 4.62. The lowest BCUT2D eigenvalue weighted by atomic mass is 10.1. The van der Waals surface area contributed by atoms with Crippen molar-refractivity contribution in [3.8, 4) is 22.9 Å². The van der Waals surface area contributed by atoms with Gasteiger partial charge in [0, 0.05) is 24.4 Å². The van der Waals surface area contributed by atoms with Crippen LogP contribution in [0.25, 0.3) is 11.4 Å². The number of methoxy groups -OCH3 is 1. The number of nitrogens with zero attached hydrogens (tertiary/aromatic N) is 2. The summed E-state index contributed by atoms with van der Waals surface area (Å²) in [4.78, 5) is 9.08. The molecule has 0 unspecified atom stereocenters. The molecule has 1 aromatic carbocycles. The summed E-state index contributed by atoms with van der Waals surface area (Å²) in [6.07, 6.45) is 0.888. The molecule has 1 aromatic heterocycles. The quantitative estimate of drug-likeness (QED) is 0.884. The van der Waals surface area contributed by atoms with Crippen molar-refractivity contribution in [3.63, 3.8) is 0 Å². The molecule has 0 atom stereocenters. The molecule has 5 nitrogen and oxygen atoms in total. The predicted octanol–water partition coefficient (Wildman–Crippen LogP) is 3.10. The molecule has 2 N–H and O–H groups in total. The van der Waals surface area contributed by atoms with E-state index in [9.17, 15) is 5.11 Å². The fraction of sp³-hybridized carbons (Fsp3) is 0.375. The van der Waals surface area contributed by atoms with Crippen molar-refractivity contribution in [2.24, 2.45) is 5.92 Å². The van der Waals surface area contributed by atoms with Crippen molar-refractivity contribution in [3.05, 3.63) is 30.0 Å². The minimum Gasteiger partial charge on any atom is -0.504 e. The molecule has 0 spiro atoms. The molecule has 0 fully saturated rings. The molecule has 5 heteroatoms. The van der Waals surface area contributed by atoms with Gasteiger partial charge in [-0.25, -0.2) is 9.97 Å². The Balaban J connectivity index is 2.47. The van der Waals surface area contributed by atoms with E-state index in [2.05, 4.69) is 29.1 Å². The Hall–Kier alpha value is -2.30. The number of benzene rings is 1. The van der Waals surface area contributed by atoms with Crippen molar-refractivity contribution in [1.82, 2.24) is 9.97 Å². The van der Waals surface area contributed by atoms with Gasteiger partial charge in [0.2, 0.25) is 0 Å². The van der Waals surface area contributed by atoms with E-state index in [0.717, 1.165) is 23.5 Å². The van der Waals surface area contributed by atoms with Gasteiger partial charge in [0.05, 0.1) is 7.11 Å². The van der Waals surface area contributed by atoms with Crippen molar-refractivity contribution in [1.29, 1.82) is 0 Å². The van der Waals surface area contributed by atoms with Gasteiger partial charge in [-0.05, 0) is 30.5 Å². The van der Waals surface area contributed by atoms with E-state index >= 15 is 0 Å². The monoisotopic (exact) mass is 287 g/mol. The number of nitrogens with one attached hydrogen (secondary N) is 1. The van der Waals surface area contributed by atoms with Gasteiger partial charge < -0.3 is 15.2 Å². The van der Waals surface area contributed by atoms with E-state index in [-0.39, 0.29) is 5.75 Å². The number of hydrogen-bond donors (Lipinski definition) is 2. The van der Waals surface area contributed by atoms with E-state index in [0.29, 0.717) is 17.5 Å². The zero-order chi connectivity index (χ0) is 15.4. The van der Waals surface area contributed by atoms with Gasteiger partial charge in [0.15, 0.2) is 17.3 Å². The number of rotatable bonds is 5. The largest absolute Gasteiger partial charge is 0.504 e. The minimum atomic E-state index is 0.105. The van der Waals surface area contributed by atoms with Crippen LogP contribution in [0.1, 0.15) is 19.5 Å². The summed E-state index contributed by atoms with van der Waals surface area (Å²) in [6, 6.07) is 7.07. The average Bonchev–Trinajstić information content (AvgIpc) is 2.46. The van der Waals surface area contributed by atoms with Crippen LogP contribution in [0.15, 0.2) is 24.3 Å². The number of phenolic OH excluding ortho intramolecular Hbond substituents is 1. The molecule has 2 aromatic rings. The molecular weight excluding hydrogens is 266 g/mol. The van der Waals surface area contributed by atoms with E-state index in [4.69, 9.17) is 4.74 Å². The van der Waals surface area contributed by atoms with Crippen molar-refractivity contribution < 1.29 is 9.84 Å². The Labute approximate surface area is 125 Å². The maximum atomic E-state index is 9.68. The van der Waals surface area contributed by atoms with Crippen LogP contribution in [-0.2, 0) is 6.42 Å². The second-order valence-electron chi connectivity index (χ2n) is 5.30. The average molecular weight is 287 g/mol. The van der Waals surface area contributed by atoms with Crippen LogP contribution >= 0.6 is 0 Å². The van der Waals surface area contributed by atoms with Gasteiger partial charge in [0.1, 0.15) is 5.82 Å². The number of aromatic nitrogens is 2. The van der Waals surface area contributed by atoms with Gasteiger partial charge >= 0.3 is 0 Å². The molecule has 21 heavy (non-hydrogen) atoms. The summed E-state index contributed by atoms with van der Waals surface area (Å²) in [6.45, 7) is 4.31. The highest BCUT2D eigenvalue weighted by atomic mass is 16.5. The summed E-state index contributed by atoms with van der Waals surface area (Å²) < 4.78 is 5.14. The van der Waals surface area contributed by atoms with Gasteiger partial charge in [0.25, 0.3) is 0 Å². The highest BCUT2D eigenvalue weighted by Crippen LogP contribution is 2.30. The van der Waals surface area contributed by atoms with Gasteiger partial charge in [-0.3, -0.25) is 0 Å². The number of hydrogen-bond acceptors (Lipinski definition) is 5. The molecular formula is C16H21N3O2. The molecule has 2 rings (SSSR count). The lowest BCUT2D eigenvalue weighted by molar-refractivity contribution is 0.373. The van der Waals surface area contributed by atoms with Crippen molar-refractivity contribution in [2.75, 3.05) is 19.5 Å². The standard InChI is InChI=1S/C16H21N3O2/c1-10(2)7-12-9-15(17-3)19-16(18-12)11-5-6-13(20)14(8-11)21-4/h5-6,8-10,20H,7H2,1-4H3,(H,17,18,19). The molecule has 0 aliphatic heterocycles. The smallest absolute Gasteiger partial charge is 0.161 e. The van der Waals surface area contributed by atoms with E-state index in [1.165, 1.54) is 7.11 Å². The van der Waals surface area contributed by atoms with Gasteiger partial charge in [-0.1, -0.05) is 13.8 Å². The summed E-state index contributed by atoms with van der Waals surface area (Å²) in [5.74, 6) is 2.44. The van der Waals surface area contributed by atoms with Crippen LogP contribution in [0.4, 0.5) is 5.82 Å². The molecule has 0 saturated carbocycles. The number of aromatic hydroxyl groups is 1. The molecule has 0 amide bonds. The normalized spacial score (nSPS) is 10.7. The Morgan fingerprint density at radius 2 is 2.00 bits per heavy atom. The Morgan fingerprint density at radius 1 is 1.24 bits per heavy atom. The summed E-state index contributed by atoms with van der Waals surface area (Å²) in [5, 5.41) is 12.7. The molecule has 112 valence electrons. The third-order valence-electron chi connectivity index (χ3n) is 3.09. The van der Waals surface area contributed by atoms with Crippen molar-refractivity contribution in [2.45, 2.75) is 20.3 Å². The second kappa shape index (κ2) is 6.43. The first-order valence-corrected chi connectivity index (χ1v) is 6.96. The fourth-order valence-electron chi connectivity index (χ4n) is 2.09. The Morgan fingerprint density at radius 3 is 2.62 bits per heavy atom. The molecule has 1 heterocycles. The van der Waals surface area contributed by atoms with Crippen LogP contribution in [0.5, 0.6) is 11.5 Å². The van der Waals surface area contributed by atoms with Gasteiger partial charge in [-0.2, -0.15) is 0 Å². The second-order valence-corrected chi connectivity index (χ2v) is 5.30. The highest BCUT2D eigenvalue weighted by molar-refractivity contribution is 5.62.